The van der Waals surface area contributed by atoms with E-state index in [0.717, 1.165) is 65.9 Å². The number of anilines is 1. The summed E-state index contributed by atoms with van der Waals surface area (Å²) in [6, 6.07) is 12.1. The third kappa shape index (κ3) is 3.47. The van der Waals surface area contributed by atoms with Crippen LogP contribution < -0.4 is 4.90 Å². The van der Waals surface area contributed by atoms with Crippen LogP contribution in [0, 0.1) is 6.92 Å². The number of benzene rings is 1. The van der Waals surface area contributed by atoms with Crippen molar-refractivity contribution in [2.45, 2.75) is 13.5 Å². The third-order valence-electron chi connectivity index (χ3n) is 6.02. The first-order chi connectivity index (χ1) is 15.7. The zero-order chi connectivity index (χ0) is 21.7. The molecule has 5 aromatic rings. The van der Waals surface area contributed by atoms with Gasteiger partial charge in [0.05, 0.1) is 10.4 Å². The lowest BCUT2D eigenvalue weighted by molar-refractivity contribution is 0.250. The fraction of sp³-hybridized carbons (Fsp3) is 0.261. The number of aromatic nitrogens is 4. The van der Waals surface area contributed by atoms with Crippen LogP contribution in [-0.4, -0.2) is 50.7 Å². The molecule has 32 heavy (non-hydrogen) atoms. The Morgan fingerprint density at radius 3 is 2.62 bits per heavy atom. The van der Waals surface area contributed by atoms with E-state index in [2.05, 4.69) is 54.2 Å². The molecule has 6 nitrogen and oxygen atoms in total. The summed E-state index contributed by atoms with van der Waals surface area (Å²) in [5, 5.41) is 15.0. The SMILES string of the molecule is Cc1ccsc1CN1CCN(c2nc3cc(Cl)ccc3c3nnc(-c4cccs4)n23)CC1. The van der Waals surface area contributed by atoms with E-state index in [1.807, 2.05) is 35.6 Å². The molecule has 0 saturated carbocycles. The summed E-state index contributed by atoms with van der Waals surface area (Å²) < 4.78 is 2.11. The smallest absolute Gasteiger partial charge is 0.213 e. The van der Waals surface area contributed by atoms with Gasteiger partial charge < -0.3 is 4.90 Å². The number of rotatable bonds is 4. The highest BCUT2D eigenvalue weighted by atomic mass is 35.5. The van der Waals surface area contributed by atoms with Gasteiger partial charge in [-0.3, -0.25) is 4.90 Å². The summed E-state index contributed by atoms with van der Waals surface area (Å²) in [6.07, 6.45) is 0. The van der Waals surface area contributed by atoms with Crippen LogP contribution in [0.1, 0.15) is 10.4 Å². The molecule has 162 valence electrons. The molecule has 1 aliphatic rings. The molecule has 0 amide bonds. The molecule has 9 heteroatoms. The highest BCUT2D eigenvalue weighted by molar-refractivity contribution is 7.13. The Hall–Kier alpha value is -2.52. The van der Waals surface area contributed by atoms with Crippen molar-refractivity contribution in [1.29, 1.82) is 0 Å². The van der Waals surface area contributed by atoms with Gasteiger partial charge in [0.25, 0.3) is 0 Å². The van der Waals surface area contributed by atoms with Crippen LogP contribution in [0.3, 0.4) is 0 Å². The van der Waals surface area contributed by atoms with Gasteiger partial charge in [0.2, 0.25) is 5.95 Å². The first-order valence-electron chi connectivity index (χ1n) is 10.6. The maximum absolute atomic E-state index is 6.29. The summed E-state index contributed by atoms with van der Waals surface area (Å²) in [4.78, 5) is 12.5. The summed E-state index contributed by atoms with van der Waals surface area (Å²) >= 11 is 9.81. The second kappa shape index (κ2) is 8.12. The Morgan fingerprint density at radius 2 is 1.88 bits per heavy atom. The fourth-order valence-electron chi connectivity index (χ4n) is 4.24. The van der Waals surface area contributed by atoms with Crippen LogP contribution in [0.25, 0.3) is 27.3 Å². The molecule has 0 aliphatic carbocycles. The Bertz CT molecular complexity index is 1400. The average molecular weight is 481 g/mol. The van der Waals surface area contributed by atoms with E-state index in [1.54, 1.807) is 11.3 Å². The van der Waals surface area contributed by atoms with Crippen molar-refractivity contribution in [3.63, 3.8) is 0 Å². The van der Waals surface area contributed by atoms with E-state index in [4.69, 9.17) is 16.6 Å². The van der Waals surface area contributed by atoms with Crippen molar-refractivity contribution in [2.75, 3.05) is 31.1 Å². The predicted octanol–water partition coefficient (Wildman–Crippen LogP) is 5.35. The minimum absolute atomic E-state index is 0.675. The molecule has 1 aliphatic heterocycles. The maximum atomic E-state index is 6.29. The number of aryl methyl sites for hydroxylation is 1. The number of hydrogen-bond acceptors (Lipinski definition) is 7. The van der Waals surface area contributed by atoms with Gasteiger partial charge in [0.1, 0.15) is 0 Å². The minimum atomic E-state index is 0.675. The van der Waals surface area contributed by atoms with Gasteiger partial charge in [-0.2, -0.15) is 0 Å². The van der Waals surface area contributed by atoms with Crippen LogP contribution in [0.15, 0.2) is 47.2 Å². The third-order valence-corrected chi connectivity index (χ3v) is 8.12. The van der Waals surface area contributed by atoms with Gasteiger partial charge in [0.15, 0.2) is 11.5 Å². The van der Waals surface area contributed by atoms with Crippen molar-refractivity contribution >= 4 is 56.8 Å². The zero-order valence-corrected chi connectivity index (χ0v) is 19.9. The van der Waals surface area contributed by atoms with Crippen LogP contribution in [-0.2, 0) is 6.54 Å². The first kappa shape index (κ1) is 20.1. The lowest BCUT2D eigenvalue weighted by atomic mass is 10.2. The molecular formula is C23H21ClN6S2. The van der Waals surface area contributed by atoms with Crippen LogP contribution in [0.4, 0.5) is 5.95 Å². The molecule has 5 heterocycles. The van der Waals surface area contributed by atoms with E-state index in [-0.39, 0.29) is 0 Å². The fourth-order valence-corrected chi connectivity index (χ4v) is 6.06. The number of halogens is 1. The second-order valence-corrected chi connectivity index (χ2v) is 10.4. The topological polar surface area (TPSA) is 49.6 Å². The summed E-state index contributed by atoms with van der Waals surface area (Å²) in [5.74, 6) is 1.72. The molecule has 4 aromatic heterocycles. The Balaban J connectivity index is 1.39. The summed E-state index contributed by atoms with van der Waals surface area (Å²) in [7, 11) is 0. The number of fused-ring (bicyclic) bond motifs is 3. The maximum Gasteiger partial charge on any atom is 0.213 e. The molecular weight excluding hydrogens is 460 g/mol. The van der Waals surface area contributed by atoms with Crippen LogP contribution in [0.2, 0.25) is 5.02 Å². The first-order valence-corrected chi connectivity index (χ1v) is 12.7. The molecule has 0 N–H and O–H groups in total. The quantitative estimate of drug-likeness (QED) is 0.347. The molecule has 1 saturated heterocycles. The van der Waals surface area contributed by atoms with Gasteiger partial charge in [-0.25, -0.2) is 9.38 Å². The van der Waals surface area contributed by atoms with Crippen LogP contribution >= 0.6 is 34.3 Å². The van der Waals surface area contributed by atoms with E-state index in [0.29, 0.717) is 5.02 Å². The predicted molar refractivity (Wildman–Crippen MR) is 133 cm³/mol. The Labute approximate surface area is 198 Å². The molecule has 0 spiro atoms. The number of piperazine rings is 1. The Morgan fingerprint density at radius 1 is 1.00 bits per heavy atom. The molecule has 1 aromatic carbocycles. The normalized spacial score (nSPS) is 15.2. The minimum Gasteiger partial charge on any atom is -0.339 e. The van der Waals surface area contributed by atoms with E-state index in [9.17, 15) is 0 Å². The van der Waals surface area contributed by atoms with Crippen molar-refractivity contribution in [2.24, 2.45) is 0 Å². The van der Waals surface area contributed by atoms with Crippen molar-refractivity contribution in [1.82, 2.24) is 24.5 Å². The van der Waals surface area contributed by atoms with E-state index >= 15 is 0 Å². The highest BCUT2D eigenvalue weighted by Gasteiger charge is 2.24. The van der Waals surface area contributed by atoms with Gasteiger partial charge >= 0.3 is 0 Å². The molecule has 0 atom stereocenters. The lowest BCUT2D eigenvalue weighted by Crippen LogP contribution is -2.46. The Kier molecular flexibility index (Phi) is 5.10. The van der Waals surface area contributed by atoms with Crippen molar-refractivity contribution in [3.05, 3.63) is 62.6 Å². The molecule has 0 unspecified atom stereocenters. The summed E-state index contributed by atoms with van der Waals surface area (Å²) in [5.41, 5.74) is 3.06. The van der Waals surface area contributed by atoms with Crippen molar-refractivity contribution < 1.29 is 0 Å². The summed E-state index contributed by atoms with van der Waals surface area (Å²) in [6.45, 7) is 7.00. The monoisotopic (exact) mass is 480 g/mol. The molecule has 1 fully saturated rings. The van der Waals surface area contributed by atoms with Gasteiger partial charge in [0, 0.05) is 48.0 Å². The highest BCUT2D eigenvalue weighted by Crippen LogP contribution is 2.32. The van der Waals surface area contributed by atoms with E-state index < -0.39 is 0 Å². The average Bonchev–Trinajstić information content (AvgIpc) is 3.55. The molecule has 6 rings (SSSR count). The largest absolute Gasteiger partial charge is 0.339 e. The van der Waals surface area contributed by atoms with Gasteiger partial charge in [-0.1, -0.05) is 17.7 Å². The van der Waals surface area contributed by atoms with E-state index in [1.165, 1.54) is 10.4 Å². The zero-order valence-electron chi connectivity index (χ0n) is 17.5. The lowest BCUT2D eigenvalue weighted by Gasteiger charge is -2.35. The van der Waals surface area contributed by atoms with Gasteiger partial charge in [-0.15, -0.1) is 32.9 Å². The molecule has 0 radical (unpaired) electrons. The number of hydrogen-bond donors (Lipinski definition) is 0. The standard InChI is InChI=1S/C23H21ClN6S2/c1-15-6-12-32-20(15)14-28-7-9-29(10-8-28)23-25-18-13-16(24)4-5-17(18)21-26-27-22(30(21)23)19-3-2-11-31-19/h2-6,11-13H,7-10,14H2,1H3. The van der Waals surface area contributed by atoms with Gasteiger partial charge in [-0.05, 0) is 53.6 Å². The number of thiophene rings is 2. The molecule has 0 bridgehead atoms. The number of nitrogens with zero attached hydrogens (tertiary/aromatic N) is 6. The van der Waals surface area contributed by atoms with Crippen LogP contribution in [0.5, 0.6) is 0 Å². The van der Waals surface area contributed by atoms with Crippen molar-refractivity contribution in [3.8, 4) is 10.7 Å². The second-order valence-electron chi connectivity index (χ2n) is 8.02.